The molecule has 0 aliphatic heterocycles. The third-order valence-electron chi connectivity index (χ3n) is 3.27. The number of nitrogens with one attached hydrogen (secondary N) is 1. The van der Waals surface area contributed by atoms with Crippen LogP contribution < -0.4 is 11.3 Å². The van der Waals surface area contributed by atoms with E-state index in [-0.39, 0.29) is 6.04 Å². The highest BCUT2D eigenvalue weighted by molar-refractivity contribution is 5.20. The third kappa shape index (κ3) is 3.40. The van der Waals surface area contributed by atoms with Gasteiger partial charge in [-0.15, -0.1) is 0 Å². The molecule has 1 unspecified atom stereocenters. The number of aromatic nitrogens is 2. The molecule has 2 rings (SSSR count). The molecule has 4 nitrogen and oxygen atoms in total. The van der Waals surface area contributed by atoms with Crippen molar-refractivity contribution in [1.82, 2.24) is 15.2 Å². The highest BCUT2D eigenvalue weighted by Gasteiger charge is 2.14. The summed E-state index contributed by atoms with van der Waals surface area (Å²) in [4.78, 5) is 0. The minimum Gasteiger partial charge on any atom is -0.272 e. The molecule has 6 heteroatoms. The Kier molecular flexibility index (Phi) is 4.46. The standard InChI is InChI=1S/C14H18F2N4/c1-9-5-13(20(2)19-9)8-12(18-17)6-10-3-4-11(15)7-14(10)16/h3-5,7,12,18H,6,8,17H2,1-2H3. The number of aryl methyl sites for hydroxylation is 2. The van der Waals surface area contributed by atoms with E-state index in [1.165, 1.54) is 12.1 Å². The van der Waals surface area contributed by atoms with Gasteiger partial charge in [0.2, 0.25) is 0 Å². The molecule has 3 N–H and O–H groups in total. The lowest BCUT2D eigenvalue weighted by atomic mass is 10.0. The van der Waals surface area contributed by atoms with Gasteiger partial charge in [0.1, 0.15) is 11.6 Å². The maximum Gasteiger partial charge on any atom is 0.129 e. The summed E-state index contributed by atoms with van der Waals surface area (Å²) in [6, 6.07) is 5.40. The van der Waals surface area contributed by atoms with Crippen molar-refractivity contribution in [3.63, 3.8) is 0 Å². The van der Waals surface area contributed by atoms with E-state index in [2.05, 4.69) is 10.5 Å². The van der Waals surface area contributed by atoms with Crippen LogP contribution in [0.2, 0.25) is 0 Å². The molecule has 0 saturated carbocycles. The molecular weight excluding hydrogens is 262 g/mol. The molecule has 1 aromatic carbocycles. The Bertz CT molecular complexity index is 595. The summed E-state index contributed by atoms with van der Waals surface area (Å²) in [7, 11) is 1.86. The second kappa shape index (κ2) is 6.11. The summed E-state index contributed by atoms with van der Waals surface area (Å²) in [6.45, 7) is 1.91. The average Bonchev–Trinajstić information content (AvgIpc) is 2.70. The molecule has 1 atom stereocenters. The molecule has 2 aromatic rings. The maximum atomic E-state index is 13.6. The molecule has 1 heterocycles. The van der Waals surface area contributed by atoms with Crippen LogP contribution in [0.25, 0.3) is 0 Å². The lowest BCUT2D eigenvalue weighted by Crippen LogP contribution is -2.39. The number of benzene rings is 1. The highest BCUT2D eigenvalue weighted by Crippen LogP contribution is 2.14. The Morgan fingerprint density at radius 3 is 2.60 bits per heavy atom. The summed E-state index contributed by atoms with van der Waals surface area (Å²) >= 11 is 0. The highest BCUT2D eigenvalue weighted by atomic mass is 19.1. The van der Waals surface area contributed by atoms with Crippen LogP contribution in [0.1, 0.15) is 17.0 Å². The van der Waals surface area contributed by atoms with Crippen molar-refractivity contribution in [2.45, 2.75) is 25.8 Å². The molecule has 0 fully saturated rings. The van der Waals surface area contributed by atoms with Crippen molar-refractivity contribution < 1.29 is 8.78 Å². The van der Waals surface area contributed by atoms with E-state index in [4.69, 9.17) is 5.84 Å². The minimum atomic E-state index is -0.578. The van der Waals surface area contributed by atoms with Crippen LogP contribution in [0.3, 0.4) is 0 Å². The Labute approximate surface area is 116 Å². The second-order valence-corrected chi connectivity index (χ2v) is 4.91. The zero-order valence-electron chi connectivity index (χ0n) is 11.5. The fourth-order valence-electron chi connectivity index (χ4n) is 2.25. The molecule has 0 amide bonds. The van der Waals surface area contributed by atoms with Gasteiger partial charge < -0.3 is 0 Å². The summed E-state index contributed by atoms with van der Waals surface area (Å²) in [5.41, 5.74) is 5.04. The first kappa shape index (κ1) is 14.6. The molecule has 0 aliphatic carbocycles. The van der Waals surface area contributed by atoms with Gasteiger partial charge in [-0.2, -0.15) is 5.10 Å². The number of hydrogen-bond acceptors (Lipinski definition) is 3. The van der Waals surface area contributed by atoms with E-state index >= 15 is 0 Å². The molecular formula is C14H18F2N4. The van der Waals surface area contributed by atoms with Gasteiger partial charge in [0.15, 0.2) is 0 Å². The van der Waals surface area contributed by atoms with E-state index in [9.17, 15) is 8.78 Å². The first-order valence-electron chi connectivity index (χ1n) is 6.39. The zero-order valence-corrected chi connectivity index (χ0v) is 11.5. The largest absolute Gasteiger partial charge is 0.272 e. The predicted octanol–water partition coefficient (Wildman–Crippen LogP) is 1.62. The summed E-state index contributed by atoms with van der Waals surface area (Å²) < 4.78 is 28.3. The second-order valence-electron chi connectivity index (χ2n) is 4.91. The van der Waals surface area contributed by atoms with Crippen LogP contribution in [0.5, 0.6) is 0 Å². The fourth-order valence-corrected chi connectivity index (χ4v) is 2.25. The Hall–Kier alpha value is -1.79. The Morgan fingerprint density at radius 1 is 1.30 bits per heavy atom. The van der Waals surface area contributed by atoms with Gasteiger partial charge in [0.05, 0.1) is 5.69 Å². The number of nitrogens with zero attached hydrogens (tertiary/aromatic N) is 2. The number of hydrazine groups is 1. The van der Waals surface area contributed by atoms with Crippen LogP contribution in [0.15, 0.2) is 24.3 Å². The van der Waals surface area contributed by atoms with Gasteiger partial charge in [-0.05, 0) is 31.0 Å². The van der Waals surface area contributed by atoms with Crippen molar-refractivity contribution in [1.29, 1.82) is 0 Å². The van der Waals surface area contributed by atoms with Crippen LogP contribution in [0.4, 0.5) is 8.78 Å². The monoisotopic (exact) mass is 280 g/mol. The van der Waals surface area contributed by atoms with Crippen molar-refractivity contribution in [3.8, 4) is 0 Å². The number of hydrogen-bond donors (Lipinski definition) is 2. The fraction of sp³-hybridized carbons (Fsp3) is 0.357. The smallest absolute Gasteiger partial charge is 0.129 e. The van der Waals surface area contributed by atoms with Crippen LogP contribution in [-0.4, -0.2) is 15.8 Å². The average molecular weight is 280 g/mol. The zero-order chi connectivity index (χ0) is 14.7. The van der Waals surface area contributed by atoms with E-state index in [0.717, 1.165) is 17.5 Å². The predicted molar refractivity (Wildman–Crippen MR) is 72.8 cm³/mol. The van der Waals surface area contributed by atoms with Gasteiger partial charge in [-0.3, -0.25) is 16.0 Å². The van der Waals surface area contributed by atoms with E-state index in [0.29, 0.717) is 18.4 Å². The number of halogens is 2. The van der Waals surface area contributed by atoms with Crippen LogP contribution in [0, 0.1) is 18.6 Å². The van der Waals surface area contributed by atoms with Gasteiger partial charge in [-0.1, -0.05) is 6.07 Å². The molecule has 1 aromatic heterocycles. The molecule has 108 valence electrons. The SMILES string of the molecule is Cc1cc(CC(Cc2ccc(F)cc2F)NN)n(C)n1. The lowest BCUT2D eigenvalue weighted by Gasteiger charge is -2.16. The van der Waals surface area contributed by atoms with Crippen molar-refractivity contribution in [2.24, 2.45) is 12.9 Å². The van der Waals surface area contributed by atoms with Gasteiger partial charge >= 0.3 is 0 Å². The number of nitrogens with two attached hydrogens (primary N) is 1. The van der Waals surface area contributed by atoms with Crippen LogP contribution >= 0.6 is 0 Å². The third-order valence-corrected chi connectivity index (χ3v) is 3.27. The van der Waals surface area contributed by atoms with Crippen molar-refractivity contribution in [2.75, 3.05) is 0 Å². The molecule has 0 spiro atoms. The lowest BCUT2D eigenvalue weighted by molar-refractivity contribution is 0.489. The summed E-state index contributed by atoms with van der Waals surface area (Å²) in [6.07, 6.45) is 0.998. The summed E-state index contributed by atoms with van der Waals surface area (Å²) in [5.74, 6) is 4.40. The van der Waals surface area contributed by atoms with E-state index in [1.54, 1.807) is 4.68 Å². The normalized spacial score (nSPS) is 12.7. The van der Waals surface area contributed by atoms with Gasteiger partial charge in [-0.25, -0.2) is 8.78 Å². The topological polar surface area (TPSA) is 55.9 Å². The van der Waals surface area contributed by atoms with Gasteiger partial charge in [0.25, 0.3) is 0 Å². The van der Waals surface area contributed by atoms with E-state index in [1.807, 2.05) is 20.0 Å². The van der Waals surface area contributed by atoms with Crippen LogP contribution in [-0.2, 0) is 19.9 Å². The van der Waals surface area contributed by atoms with E-state index < -0.39 is 11.6 Å². The van der Waals surface area contributed by atoms with Crippen molar-refractivity contribution in [3.05, 3.63) is 52.9 Å². The molecule has 0 aliphatic rings. The molecule has 0 saturated heterocycles. The maximum absolute atomic E-state index is 13.6. The first-order valence-corrected chi connectivity index (χ1v) is 6.39. The minimum absolute atomic E-state index is 0.148. The molecule has 0 bridgehead atoms. The summed E-state index contributed by atoms with van der Waals surface area (Å²) in [5, 5.41) is 4.26. The number of rotatable bonds is 5. The Balaban J connectivity index is 2.11. The molecule has 0 radical (unpaired) electrons. The first-order chi connectivity index (χ1) is 9.49. The quantitative estimate of drug-likeness (QED) is 0.646. The Morgan fingerprint density at radius 2 is 2.05 bits per heavy atom. The molecule has 20 heavy (non-hydrogen) atoms. The van der Waals surface area contributed by atoms with Crippen molar-refractivity contribution >= 4 is 0 Å². The van der Waals surface area contributed by atoms with Gasteiger partial charge in [0, 0.05) is 31.3 Å².